The maximum Gasteiger partial charge on any atom is 0.214 e. The van der Waals surface area contributed by atoms with E-state index in [0.29, 0.717) is 13.0 Å². The van der Waals surface area contributed by atoms with Crippen molar-refractivity contribution in [3.63, 3.8) is 0 Å². The highest BCUT2D eigenvalue weighted by Crippen LogP contribution is 2.14. The fourth-order valence-corrected chi connectivity index (χ4v) is 4.08. The number of hydrogen-bond acceptors (Lipinski definition) is 4. The van der Waals surface area contributed by atoms with Crippen LogP contribution in [0.2, 0.25) is 0 Å². The topological polar surface area (TPSA) is 52.7 Å². The standard InChI is InChI=1S/C11H25N3O2S/c1-11-10-13(3)7-5-8-14(11)17(15,16)9-4-6-12-2/h11-12H,4-10H2,1-3H3. The quantitative estimate of drug-likeness (QED) is 0.707. The van der Waals surface area contributed by atoms with E-state index in [1.54, 1.807) is 4.31 Å². The van der Waals surface area contributed by atoms with E-state index < -0.39 is 10.0 Å². The molecule has 0 aromatic rings. The van der Waals surface area contributed by atoms with E-state index in [0.717, 1.165) is 26.1 Å². The predicted molar refractivity (Wildman–Crippen MR) is 70.6 cm³/mol. The summed E-state index contributed by atoms with van der Waals surface area (Å²) in [7, 11) is 0.808. The van der Waals surface area contributed by atoms with Gasteiger partial charge in [0.25, 0.3) is 0 Å². The second kappa shape index (κ2) is 6.68. The first kappa shape index (κ1) is 14.9. The molecular formula is C11H25N3O2S. The van der Waals surface area contributed by atoms with E-state index in [1.165, 1.54) is 0 Å². The number of nitrogens with zero attached hydrogens (tertiary/aromatic N) is 2. The minimum atomic E-state index is -3.08. The molecule has 1 unspecified atom stereocenters. The maximum atomic E-state index is 12.2. The molecule has 0 saturated carbocycles. The first-order chi connectivity index (χ1) is 7.97. The van der Waals surface area contributed by atoms with Crippen LogP contribution in [0.25, 0.3) is 0 Å². The third kappa shape index (κ3) is 4.54. The third-order valence-corrected chi connectivity index (χ3v) is 5.23. The Morgan fingerprint density at radius 3 is 2.71 bits per heavy atom. The molecule has 1 atom stereocenters. The smallest absolute Gasteiger partial charge is 0.214 e. The summed E-state index contributed by atoms with van der Waals surface area (Å²) in [5.74, 6) is 0.252. The van der Waals surface area contributed by atoms with Gasteiger partial charge in [0.15, 0.2) is 0 Å². The summed E-state index contributed by atoms with van der Waals surface area (Å²) in [6.45, 7) is 5.21. The molecule has 1 N–H and O–H groups in total. The summed E-state index contributed by atoms with van der Waals surface area (Å²) < 4.78 is 26.1. The number of likely N-dealkylation sites (N-methyl/N-ethyl adjacent to an activating group) is 1. The summed E-state index contributed by atoms with van der Waals surface area (Å²) in [4.78, 5) is 2.20. The Balaban J connectivity index is 2.62. The van der Waals surface area contributed by atoms with E-state index in [9.17, 15) is 8.42 Å². The second-order valence-electron chi connectivity index (χ2n) is 4.85. The van der Waals surface area contributed by atoms with Crippen LogP contribution in [0.1, 0.15) is 19.8 Å². The van der Waals surface area contributed by atoms with Crippen molar-refractivity contribution in [2.24, 2.45) is 0 Å². The minimum Gasteiger partial charge on any atom is -0.320 e. The van der Waals surface area contributed by atoms with Gasteiger partial charge in [0.1, 0.15) is 0 Å². The van der Waals surface area contributed by atoms with Gasteiger partial charge >= 0.3 is 0 Å². The average Bonchev–Trinajstić information content (AvgIpc) is 2.39. The molecule has 1 rings (SSSR count). The van der Waals surface area contributed by atoms with Crippen LogP contribution in [-0.4, -0.2) is 69.7 Å². The summed E-state index contributed by atoms with van der Waals surface area (Å²) in [5, 5.41) is 2.98. The highest BCUT2D eigenvalue weighted by Gasteiger charge is 2.29. The first-order valence-electron chi connectivity index (χ1n) is 6.30. The Kier molecular flexibility index (Phi) is 5.85. The molecule has 5 nitrogen and oxygen atoms in total. The number of rotatable bonds is 5. The SMILES string of the molecule is CNCCCS(=O)(=O)N1CCCN(C)CC1C. The van der Waals surface area contributed by atoms with E-state index in [4.69, 9.17) is 0 Å². The minimum absolute atomic E-state index is 0.0853. The van der Waals surface area contributed by atoms with Crippen molar-refractivity contribution >= 4 is 10.0 Å². The Morgan fingerprint density at radius 1 is 1.35 bits per heavy atom. The van der Waals surface area contributed by atoms with Crippen molar-refractivity contribution in [2.75, 3.05) is 46.0 Å². The highest BCUT2D eigenvalue weighted by atomic mass is 32.2. The lowest BCUT2D eigenvalue weighted by atomic mass is 10.3. The van der Waals surface area contributed by atoms with Crippen LogP contribution >= 0.6 is 0 Å². The van der Waals surface area contributed by atoms with Gasteiger partial charge in [-0.25, -0.2) is 8.42 Å². The molecule has 0 aromatic carbocycles. The van der Waals surface area contributed by atoms with Crippen LogP contribution in [0.5, 0.6) is 0 Å². The average molecular weight is 263 g/mol. The fraction of sp³-hybridized carbons (Fsp3) is 1.00. The van der Waals surface area contributed by atoms with Gasteiger partial charge in [0, 0.05) is 19.1 Å². The molecule has 0 radical (unpaired) electrons. The molecule has 0 spiro atoms. The zero-order valence-corrected chi connectivity index (χ0v) is 12.0. The molecule has 1 fully saturated rings. The van der Waals surface area contributed by atoms with Crippen molar-refractivity contribution in [3.05, 3.63) is 0 Å². The summed E-state index contributed by atoms with van der Waals surface area (Å²) >= 11 is 0. The van der Waals surface area contributed by atoms with Gasteiger partial charge in [-0.2, -0.15) is 4.31 Å². The number of hydrogen-bond donors (Lipinski definition) is 1. The molecule has 0 aliphatic carbocycles. The molecule has 1 heterocycles. The summed E-state index contributed by atoms with van der Waals surface area (Å²) in [5.41, 5.74) is 0. The molecule has 0 bridgehead atoms. The molecule has 1 aliphatic heterocycles. The van der Waals surface area contributed by atoms with E-state index in [2.05, 4.69) is 10.2 Å². The third-order valence-electron chi connectivity index (χ3n) is 3.17. The van der Waals surface area contributed by atoms with Gasteiger partial charge in [-0.15, -0.1) is 0 Å². The largest absolute Gasteiger partial charge is 0.320 e. The molecule has 0 amide bonds. The molecule has 0 aromatic heterocycles. The zero-order valence-electron chi connectivity index (χ0n) is 11.1. The van der Waals surface area contributed by atoms with Crippen molar-refractivity contribution in [1.29, 1.82) is 0 Å². The van der Waals surface area contributed by atoms with Gasteiger partial charge in [-0.05, 0) is 47.0 Å². The Morgan fingerprint density at radius 2 is 2.06 bits per heavy atom. The van der Waals surface area contributed by atoms with Gasteiger partial charge in [0.05, 0.1) is 5.75 Å². The van der Waals surface area contributed by atoms with Crippen LogP contribution < -0.4 is 5.32 Å². The number of sulfonamides is 1. The summed E-state index contributed by atoms with van der Waals surface area (Å²) in [6.07, 6.45) is 1.60. The maximum absolute atomic E-state index is 12.2. The van der Waals surface area contributed by atoms with Gasteiger partial charge < -0.3 is 10.2 Å². The van der Waals surface area contributed by atoms with E-state index >= 15 is 0 Å². The summed E-state index contributed by atoms with van der Waals surface area (Å²) in [6, 6.07) is 0.0853. The zero-order chi connectivity index (χ0) is 12.9. The second-order valence-corrected chi connectivity index (χ2v) is 6.89. The first-order valence-corrected chi connectivity index (χ1v) is 7.91. The van der Waals surface area contributed by atoms with Crippen molar-refractivity contribution in [1.82, 2.24) is 14.5 Å². The Hall–Kier alpha value is -0.170. The molecular weight excluding hydrogens is 238 g/mol. The molecule has 1 saturated heterocycles. The lowest BCUT2D eigenvalue weighted by Gasteiger charge is -2.27. The van der Waals surface area contributed by atoms with Crippen LogP contribution in [0, 0.1) is 0 Å². The Bertz CT molecular complexity index is 319. The lowest BCUT2D eigenvalue weighted by Crippen LogP contribution is -2.43. The fourth-order valence-electron chi connectivity index (χ4n) is 2.31. The predicted octanol–water partition coefficient (Wildman–Crippen LogP) is -0.0483. The van der Waals surface area contributed by atoms with E-state index in [1.807, 2.05) is 21.0 Å². The molecule has 17 heavy (non-hydrogen) atoms. The van der Waals surface area contributed by atoms with Gasteiger partial charge in [-0.3, -0.25) is 0 Å². The van der Waals surface area contributed by atoms with Crippen molar-refractivity contribution in [2.45, 2.75) is 25.8 Å². The molecule has 6 heteroatoms. The van der Waals surface area contributed by atoms with Gasteiger partial charge in [-0.1, -0.05) is 0 Å². The van der Waals surface area contributed by atoms with Crippen LogP contribution in [-0.2, 0) is 10.0 Å². The monoisotopic (exact) mass is 263 g/mol. The van der Waals surface area contributed by atoms with Crippen LogP contribution in [0.4, 0.5) is 0 Å². The van der Waals surface area contributed by atoms with Crippen LogP contribution in [0.15, 0.2) is 0 Å². The van der Waals surface area contributed by atoms with Gasteiger partial charge in [0.2, 0.25) is 10.0 Å². The van der Waals surface area contributed by atoms with Crippen molar-refractivity contribution in [3.8, 4) is 0 Å². The molecule has 1 aliphatic rings. The van der Waals surface area contributed by atoms with Crippen molar-refractivity contribution < 1.29 is 8.42 Å². The number of nitrogens with one attached hydrogen (secondary N) is 1. The normalized spacial score (nSPS) is 24.8. The lowest BCUT2D eigenvalue weighted by molar-refractivity contribution is 0.290. The molecule has 102 valence electrons. The Labute approximate surface area is 105 Å². The highest BCUT2D eigenvalue weighted by molar-refractivity contribution is 7.89. The van der Waals surface area contributed by atoms with E-state index in [-0.39, 0.29) is 11.8 Å². The van der Waals surface area contributed by atoms with Crippen LogP contribution in [0.3, 0.4) is 0 Å².